The van der Waals surface area contributed by atoms with Gasteiger partial charge in [0.1, 0.15) is 18.7 Å². The van der Waals surface area contributed by atoms with E-state index in [1.54, 1.807) is 18.3 Å². The number of carbonyl (C=O) groups excluding carboxylic acids is 2. The first-order valence-electron chi connectivity index (χ1n) is 13.1. The largest absolute Gasteiger partial charge is 0.465 e. The highest BCUT2D eigenvalue weighted by Gasteiger charge is 2.29. The minimum Gasteiger partial charge on any atom is -0.465 e. The van der Waals surface area contributed by atoms with Gasteiger partial charge in [-0.15, -0.1) is 11.3 Å². The van der Waals surface area contributed by atoms with Crippen LogP contribution in [0.2, 0.25) is 0 Å². The van der Waals surface area contributed by atoms with E-state index in [1.807, 2.05) is 56.3 Å². The SMILES string of the molecule is CCOC(=O)C(Cc1ccc(-c2csc3ccccc23)cc1)NC(CC(C)C)C(=O)OCc1ccccc1. The minimum absolute atomic E-state index is 0.193. The zero-order chi connectivity index (χ0) is 26.9. The summed E-state index contributed by atoms with van der Waals surface area (Å²) in [5.41, 5.74) is 4.24. The quantitative estimate of drug-likeness (QED) is 0.205. The molecule has 5 nitrogen and oxygen atoms in total. The van der Waals surface area contributed by atoms with E-state index in [0.717, 1.165) is 16.7 Å². The average Bonchev–Trinajstić information content (AvgIpc) is 3.36. The monoisotopic (exact) mass is 529 g/mol. The van der Waals surface area contributed by atoms with Crippen molar-refractivity contribution in [1.29, 1.82) is 0 Å². The predicted octanol–water partition coefficient (Wildman–Crippen LogP) is 6.79. The van der Waals surface area contributed by atoms with E-state index >= 15 is 0 Å². The van der Waals surface area contributed by atoms with Crippen LogP contribution in [0.25, 0.3) is 21.2 Å². The molecule has 0 radical (unpaired) electrons. The van der Waals surface area contributed by atoms with Gasteiger partial charge in [-0.1, -0.05) is 86.6 Å². The van der Waals surface area contributed by atoms with Gasteiger partial charge in [0, 0.05) is 15.6 Å². The van der Waals surface area contributed by atoms with Crippen LogP contribution in [0.3, 0.4) is 0 Å². The van der Waals surface area contributed by atoms with Gasteiger partial charge in [0.25, 0.3) is 0 Å². The summed E-state index contributed by atoms with van der Waals surface area (Å²) >= 11 is 1.73. The Labute approximate surface area is 228 Å². The number of hydrogen-bond acceptors (Lipinski definition) is 6. The molecule has 0 saturated carbocycles. The maximum absolute atomic E-state index is 13.1. The number of thiophene rings is 1. The molecule has 1 aromatic heterocycles. The summed E-state index contributed by atoms with van der Waals surface area (Å²) in [5, 5.41) is 6.69. The fraction of sp³-hybridized carbons (Fsp3) is 0.312. The van der Waals surface area contributed by atoms with Crippen LogP contribution in [-0.4, -0.2) is 30.6 Å². The van der Waals surface area contributed by atoms with Crippen LogP contribution in [0.1, 0.15) is 38.3 Å². The van der Waals surface area contributed by atoms with Crippen LogP contribution in [-0.2, 0) is 32.1 Å². The van der Waals surface area contributed by atoms with Crippen molar-refractivity contribution in [2.45, 2.75) is 52.3 Å². The molecule has 1 N–H and O–H groups in total. The van der Waals surface area contributed by atoms with Crippen molar-refractivity contribution < 1.29 is 19.1 Å². The molecule has 0 saturated heterocycles. The number of fused-ring (bicyclic) bond motifs is 1. The molecular weight excluding hydrogens is 494 g/mol. The average molecular weight is 530 g/mol. The van der Waals surface area contributed by atoms with Gasteiger partial charge < -0.3 is 9.47 Å². The highest BCUT2D eigenvalue weighted by Crippen LogP contribution is 2.33. The normalized spacial score (nSPS) is 12.8. The van der Waals surface area contributed by atoms with Crippen molar-refractivity contribution in [2.24, 2.45) is 5.92 Å². The fourth-order valence-electron chi connectivity index (χ4n) is 4.49. The molecule has 4 aromatic rings. The van der Waals surface area contributed by atoms with Gasteiger partial charge in [0.15, 0.2) is 0 Å². The molecule has 0 aliphatic carbocycles. The summed E-state index contributed by atoms with van der Waals surface area (Å²) in [5.74, 6) is -0.499. The van der Waals surface area contributed by atoms with E-state index in [4.69, 9.17) is 9.47 Å². The van der Waals surface area contributed by atoms with Gasteiger partial charge in [0.05, 0.1) is 6.61 Å². The zero-order valence-corrected chi connectivity index (χ0v) is 23.0. The number of rotatable bonds is 12. The van der Waals surface area contributed by atoms with Crippen molar-refractivity contribution in [3.63, 3.8) is 0 Å². The molecule has 0 spiro atoms. The first-order valence-corrected chi connectivity index (χ1v) is 14.0. The summed E-state index contributed by atoms with van der Waals surface area (Å²) in [7, 11) is 0. The molecule has 0 amide bonds. The number of carbonyl (C=O) groups is 2. The maximum atomic E-state index is 13.1. The summed E-state index contributed by atoms with van der Waals surface area (Å²) in [6.07, 6.45) is 0.956. The van der Waals surface area contributed by atoms with Gasteiger partial charge in [-0.05, 0) is 53.8 Å². The van der Waals surface area contributed by atoms with E-state index in [2.05, 4.69) is 47.1 Å². The summed E-state index contributed by atoms with van der Waals surface area (Å²) in [6, 6.07) is 24.9. The topological polar surface area (TPSA) is 64.6 Å². The number of hydrogen-bond donors (Lipinski definition) is 1. The molecule has 0 fully saturated rings. The van der Waals surface area contributed by atoms with E-state index in [-0.39, 0.29) is 31.1 Å². The van der Waals surface area contributed by atoms with Crippen molar-refractivity contribution in [3.05, 3.63) is 95.4 Å². The van der Waals surface area contributed by atoms with Crippen molar-refractivity contribution in [1.82, 2.24) is 5.32 Å². The first kappa shape index (κ1) is 27.6. The smallest absolute Gasteiger partial charge is 0.323 e. The van der Waals surface area contributed by atoms with Gasteiger partial charge in [-0.3, -0.25) is 14.9 Å². The molecular formula is C32H35NO4S. The predicted molar refractivity (Wildman–Crippen MR) is 154 cm³/mol. The van der Waals surface area contributed by atoms with E-state index < -0.39 is 12.1 Å². The van der Waals surface area contributed by atoms with E-state index in [9.17, 15) is 9.59 Å². The van der Waals surface area contributed by atoms with Crippen LogP contribution >= 0.6 is 11.3 Å². The molecule has 38 heavy (non-hydrogen) atoms. The van der Waals surface area contributed by atoms with E-state index in [0.29, 0.717) is 12.8 Å². The van der Waals surface area contributed by atoms with Gasteiger partial charge in [-0.2, -0.15) is 0 Å². The zero-order valence-electron chi connectivity index (χ0n) is 22.2. The van der Waals surface area contributed by atoms with Crippen LogP contribution in [0, 0.1) is 5.92 Å². The number of nitrogens with one attached hydrogen (secondary N) is 1. The number of esters is 2. The van der Waals surface area contributed by atoms with Crippen molar-refractivity contribution >= 4 is 33.4 Å². The third-order valence-electron chi connectivity index (χ3n) is 6.37. The molecule has 0 aliphatic rings. The summed E-state index contributed by atoms with van der Waals surface area (Å²) in [4.78, 5) is 26.0. The highest BCUT2D eigenvalue weighted by atomic mass is 32.1. The molecule has 0 bridgehead atoms. The molecule has 2 unspecified atom stereocenters. The first-order chi connectivity index (χ1) is 18.4. The van der Waals surface area contributed by atoms with Crippen LogP contribution in [0.4, 0.5) is 0 Å². The summed E-state index contributed by atoms with van der Waals surface area (Å²) < 4.78 is 12.2. The van der Waals surface area contributed by atoms with Crippen LogP contribution in [0.5, 0.6) is 0 Å². The Morgan fingerprint density at radius 1 is 0.816 bits per heavy atom. The lowest BCUT2D eigenvalue weighted by molar-refractivity contribution is -0.150. The van der Waals surface area contributed by atoms with E-state index in [1.165, 1.54) is 15.6 Å². The van der Waals surface area contributed by atoms with Crippen molar-refractivity contribution in [3.8, 4) is 11.1 Å². The van der Waals surface area contributed by atoms with Crippen molar-refractivity contribution in [2.75, 3.05) is 6.61 Å². The summed E-state index contributed by atoms with van der Waals surface area (Å²) in [6.45, 7) is 6.35. The Morgan fingerprint density at radius 2 is 1.50 bits per heavy atom. The van der Waals surface area contributed by atoms with Gasteiger partial charge in [-0.25, -0.2) is 0 Å². The standard InChI is InChI=1S/C32H35NO4S/c1-4-36-31(34)29(33-28(18-22(2)3)32(35)37-20-24-10-6-5-7-11-24)19-23-14-16-25(17-15-23)27-21-38-30-13-9-8-12-26(27)30/h5-17,21-22,28-29,33H,4,18-20H2,1-3H3. The number of ether oxygens (including phenoxy) is 2. The second-order valence-electron chi connectivity index (χ2n) is 9.79. The van der Waals surface area contributed by atoms with Crippen LogP contribution < -0.4 is 5.32 Å². The molecule has 1 heterocycles. The molecule has 3 aromatic carbocycles. The third kappa shape index (κ3) is 7.30. The molecule has 2 atom stereocenters. The van der Waals surface area contributed by atoms with Gasteiger partial charge >= 0.3 is 11.9 Å². The van der Waals surface area contributed by atoms with Gasteiger partial charge in [0.2, 0.25) is 0 Å². The van der Waals surface area contributed by atoms with Crippen LogP contribution in [0.15, 0.2) is 84.2 Å². The Bertz CT molecular complexity index is 1330. The molecule has 0 aliphatic heterocycles. The third-order valence-corrected chi connectivity index (χ3v) is 7.34. The minimum atomic E-state index is -0.671. The molecule has 6 heteroatoms. The Balaban J connectivity index is 1.48. The maximum Gasteiger partial charge on any atom is 0.323 e. The fourth-order valence-corrected chi connectivity index (χ4v) is 5.46. The Morgan fingerprint density at radius 3 is 2.21 bits per heavy atom. The Kier molecular flexibility index (Phi) is 9.68. The number of benzene rings is 3. The lowest BCUT2D eigenvalue weighted by atomic mass is 9.98. The molecule has 4 rings (SSSR count). The highest BCUT2D eigenvalue weighted by molar-refractivity contribution is 7.17. The lowest BCUT2D eigenvalue weighted by Crippen LogP contribution is -2.50. The lowest BCUT2D eigenvalue weighted by Gasteiger charge is -2.25. The second-order valence-corrected chi connectivity index (χ2v) is 10.7. The molecule has 198 valence electrons. The Hall–Kier alpha value is -3.48. The second kappa shape index (κ2) is 13.4.